The zero-order valence-electron chi connectivity index (χ0n) is 18.3. The molecule has 6 rings (SSSR count). The predicted octanol–water partition coefficient (Wildman–Crippen LogP) is 5.28. The lowest BCUT2D eigenvalue weighted by molar-refractivity contribution is -0.00531. The van der Waals surface area contributed by atoms with E-state index in [1.165, 1.54) is 41.5 Å². The first kappa shape index (κ1) is 20.1. The third-order valence-corrected chi connectivity index (χ3v) is 7.82. The Morgan fingerprint density at radius 3 is 2.91 bits per heavy atom. The molecule has 0 radical (unpaired) electrons. The number of anilines is 1. The lowest BCUT2D eigenvalue weighted by atomic mass is 9.93. The molecule has 2 heterocycles. The van der Waals surface area contributed by atoms with Gasteiger partial charge in [0.1, 0.15) is 0 Å². The van der Waals surface area contributed by atoms with Gasteiger partial charge in [0.25, 0.3) is 0 Å². The number of rotatable bonds is 6. The number of nitrogens with one attached hydrogen (secondary N) is 2. The number of pyridine rings is 1. The number of ether oxygens (including phenoxy) is 1. The summed E-state index contributed by atoms with van der Waals surface area (Å²) in [4.78, 5) is 12.9. The maximum Gasteiger partial charge on any atom is 0.329 e. The van der Waals surface area contributed by atoms with E-state index in [2.05, 4.69) is 40.3 Å². The van der Waals surface area contributed by atoms with E-state index in [-0.39, 0.29) is 6.03 Å². The van der Waals surface area contributed by atoms with E-state index in [0.717, 1.165) is 54.4 Å². The molecule has 2 aromatic heterocycles. The predicted molar refractivity (Wildman–Crippen MR) is 128 cm³/mol. The number of aryl methyl sites for hydroxylation is 2. The van der Waals surface area contributed by atoms with Gasteiger partial charge in [-0.05, 0) is 104 Å². The summed E-state index contributed by atoms with van der Waals surface area (Å²) in [6.07, 6.45) is 12.4. The van der Waals surface area contributed by atoms with Crippen molar-refractivity contribution in [2.45, 2.75) is 69.3 Å². The summed E-state index contributed by atoms with van der Waals surface area (Å²) in [7, 11) is 0. The number of fused-ring (bicyclic) bond motifs is 2. The Hall–Kier alpha value is -2.51. The number of benzene rings is 1. The van der Waals surface area contributed by atoms with Crippen molar-refractivity contribution in [3.05, 3.63) is 53.3 Å². The van der Waals surface area contributed by atoms with Crippen LogP contribution in [0.5, 0.6) is 0 Å². The molecule has 7 heteroatoms. The molecule has 3 aromatic rings. The lowest BCUT2D eigenvalue weighted by Crippen LogP contribution is -2.37. The first-order valence-electron chi connectivity index (χ1n) is 11.6. The van der Waals surface area contributed by atoms with Gasteiger partial charge < -0.3 is 10.1 Å². The fourth-order valence-electron chi connectivity index (χ4n) is 4.96. The fraction of sp³-hybridized carbons (Fsp3) is 0.440. The highest BCUT2D eigenvalue weighted by molar-refractivity contribution is 7.98. The van der Waals surface area contributed by atoms with Crippen LogP contribution in [0.2, 0.25) is 0 Å². The van der Waals surface area contributed by atoms with Gasteiger partial charge in [-0.3, -0.25) is 4.72 Å². The Labute approximate surface area is 192 Å². The summed E-state index contributed by atoms with van der Waals surface area (Å²) in [5.74, 6) is 0. The molecule has 2 amide bonds. The van der Waals surface area contributed by atoms with E-state index in [1.54, 1.807) is 6.20 Å². The fourth-order valence-corrected chi connectivity index (χ4v) is 5.90. The van der Waals surface area contributed by atoms with Gasteiger partial charge in [-0.15, -0.1) is 0 Å². The molecule has 1 aromatic carbocycles. The van der Waals surface area contributed by atoms with Gasteiger partial charge in [-0.2, -0.15) is 5.10 Å². The number of hydrogen-bond acceptors (Lipinski definition) is 4. The van der Waals surface area contributed by atoms with Gasteiger partial charge in [-0.25, -0.2) is 9.31 Å². The van der Waals surface area contributed by atoms with Crippen molar-refractivity contribution in [1.82, 2.24) is 14.3 Å². The molecule has 2 N–H and O–H groups in total. The second kappa shape index (κ2) is 8.12. The Morgan fingerprint density at radius 2 is 2.06 bits per heavy atom. The number of hydrogen-bond donors (Lipinski definition) is 2. The van der Waals surface area contributed by atoms with Crippen LogP contribution in [-0.4, -0.2) is 33.1 Å². The molecule has 0 saturated heterocycles. The van der Waals surface area contributed by atoms with Crippen LogP contribution in [0.25, 0.3) is 16.6 Å². The SMILES string of the molecule is Cc1cc2c(c(NC(=O)NSC3CC(OC4CC4)C3)c1-c1ccn3nccc3c1)CCC2. The van der Waals surface area contributed by atoms with Crippen LogP contribution in [0.3, 0.4) is 0 Å². The minimum absolute atomic E-state index is 0.145. The van der Waals surface area contributed by atoms with Crippen LogP contribution in [0, 0.1) is 6.92 Å². The lowest BCUT2D eigenvalue weighted by Gasteiger charge is -2.34. The van der Waals surface area contributed by atoms with Crippen molar-refractivity contribution >= 4 is 29.2 Å². The molecule has 2 saturated carbocycles. The molecule has 6 nitrogen and oxygen atoms in total. The van der Waals surface area contributed by atoms with Crippen LogP contribution in [0.15, 0.2) is 36.7 Å². The van der Waals surface area contributed by atoms with E-state index in [9.17, 15) is 4.79 Å². The van der Waals surface area contributed by atoms with Gasteiger partial charge in [-0.1, -0.05) is 6.07 Å². The topological polar surface area (TPSA) is 67.7 Å². The van der Waals surface area contributed by atoms with Gasteiger partial charge in [0.05, 0.1) is 23.4 Å². The summed E-state index contributed by atoms with van der Waals surface area (Å²) in [6, 6.07) is 8.37. The number of aromatic nitrogens is 2. The third kappa shape index (κ3) is 3.88. The largest absolute Gasteiger partial charge is 0.375 e. The summed E-state index contributed by atoms with van der Waals surface area (Å²) < 4.78 is 10.8. The number of nitrogens with zero attached hydrogens (tertiary/aromatic N) is 2. The molecule has 0 bridgehead atoms. The van der Waals surface area contributed by atoms with Crippen LogP contribution >= 0.6 is 11.9 Å². The molecular weight excluding hydrogens is 420 g/mol. The van der Waals surface area contributed by atoms with Crippen LogP contribution < -0.4 is 10.0 Å². The zero-order chi connectivity index (χ0) is 21.7. The highest BCUT2D eigenvalue weighted by Gasteiger charge is 2.36. The van der Waals surface area contributed by atoms with Crippen molar-refractivity contribution in [1.29, 1.82) is 0 Å². The highest BCUT2D eigenvalue weighted by Crippen LogP contribution is 2.41. The number of carbonyl (C=O) groups excluding carboxylic acids is 1. The molecule has 0 spiro atoms. The van der Waals surface area contributed by atoms with E-state index < -0.39 is 0 Å². The second-order valence-corrected chi connectivity index (χ2v) is 10.4. The summed E-state index contributed by atoms with van der Waals surface area (Å²) in [5.41, 5.74) is 8.04. The molecule has 3 aliphatic rings. The quantitative estimate of drug-likeness (QED) is 0.504. The average Bonchev–Trinajstić information content (AvgIpc) is 3.24. The molecule has 0 unspecified atom stereocenters. The van der Waals surface area contributed by atoms with Gasteiger partial charge in [0.15, 0.2) is 0 Å². The van der Waals surface area contributed by atoms with Crippen molar-refractivity contribution in [3.8, 4) is 11.1 Å². The van der Waals surface area contributed by atoms with Crippen LogP contribution in [-0.2, 0) is 17.6 Å². The minimum Gasteiger partial charge on any atom is -0.375 e. The monoisotopic (exact) mass is 448 g/mol. The minimum atomic E-state index is -0.145. The molecular formula is C25H28N4O2S. The standard InChI is InChI=1S/C25H28N4O2S/c1-15-11-16-3-2-4-22(16)24(23(15)17-8-10-29-18(12-17)7-9-26-29)27-25(30)28-32-21-13-20(14-21)31-19-5-6-19/h7-12,19-21H,2-6,13-14H2,1H3,(H2,27,28,30). The smallest absolute Gasteiger partial charge is 0.329 e. The molecule has 0 aliphatic heterocycles. The number of carbonyl (C=O) groups is 1. The highest BCUT2D eigenvalue weighted by atomic mass is 32.2. The van der Waals surface area contributed by atoms with Crippen molar-refractivity contribution < 1.29 is 9.53 Å². The first-order valence-corrected chi connectivity index (χ1v) is 12.5. The zero-order valence-corrected chi connectivity index (χ0v) is 19.1. The van der Waals surface area contributed by atoms with Crippen molar-refractivity contribution in [2.75, 3.05) is 5.32 Å². The normalized spacial score (nSPS) is 21.9. The van der Waals surface area contributed by atoms with Gasteiger partial charge >= 0.3 is 6.03 Å². The molecule has 32 heavy (non-hydrogen) atoms. The van der Waals surface area contributed by atoms with Crippen molar-refractivity contribution in [2.24, 2.45) is 0 Å². The van der Waals surface area contributed by atoms with Gasteiger partial charge in [0, 0.05) is 23.2 Å². The van der Waals surface area contributed by atoms with Crippen LogP contribution in [0.1, 0.15) is 48.8 Å². The van der Waals surface area contributed by atoms with Crippen LogP contribution in [0.4, 0.5) is 10.5 Å². The Bertz CT molecular complexity index is 1180. The molecule has 166 valence electrons. The van der Waals surface area contributed by atoms with E-state index in [0.29, 0.717) is 17.5 Å². The number of amides is 2. The maximum absolute atomic E-state index is 12.9. The molecule has 3 aliphatic carbocycles. The summed E-state index contributed by atoms with van der Waals surface area (Å²) in [5, 5.41) is 7.97. The third-order valence-electron chi connectivity index (χ3n) is 6.80. The van der Waals surface area contributed by atoms with E-state index >= 15 is 0 Å². The van der Waals surface area contributed by atoms with Gasteiger partial charge in [0.2, 0.25) is 0 Å². The summed E-state index contributed by atoms with van der Waals surface area (Å²) >= 11 is 1.53. The summed E-state index contributed by atoms with van der Waals surface area (Å²) in [6.45, 7) is 2.14. The Balaban J connectivity index is 1.21. The van der Waals surface area contributed by atoms with E-state index in [4.69, 9.17) is 4.74 Å². The first-order chi connectivity index (χ1) is 15.6. The Morgan fingerprint density at radius 1 is 1.19 bits per heavy atom. The van der Waals surface area contributed by atoms with Crippen molar-refractivity contribution in [3.63, 3.8) is 0 Å². The molecule has 0 atom stereocenters. The molecule has 2 fully saturated rings. The van der Waals surface area contributed by atoms with E-state index in [1.807, 2.05) is 16.8 Å². The Kier molecular flexibility index (Phi) is 5.11. The second-order valence-electron chi connectivity index (χ2n) is 9.28. The maximum atomic E-state index is 12.9. The average molecular weight is 449 g/mol. The number of urea groups is 1.